The lowest BCUT2D eigenvalue weighted by Gasteiger charge is -2.23. The van der Waals surface area contributed by atoms with Gasteiger partial charge in [-0.05, 0) is 44.1 Å². The Morgan fingerprint density at radius 3 is 2.67 bits per heavy atom. The van der Waals surface area contributed by atoms with Crippen molar-refractivity contribution in [3.8, 4) is 0 Å². The van der Waals surface area contributed by atoms with E-state index in [-0.39, 0.29) is 16.0 Å². The summed E-state index contributed by atoms with van der Waals surface area (Å²) in [5, 5.41) is 3.17. The Morgan fingerprint density at radius 1 is 1.33 bits per heavy atom. The number of hydrogen-bond donors (Lipinski definition) is 2. The summed E-state index contributed by atoms with van der Waals surface area (Å²) in [6.45, 7) is 1.54. The molecule has 0 bridgehead atoms. The molecule has 1 fully saturated rings. The van der Waals surface area contributed by atoms with Crippen molar-refractivity contribution in [2.75, 3.05) is 13.1 Å². The molecule has 4 nitrogen and oxygen atoms in total. The van der Waals surface area contributed by atoms with Crippen LogP contribution in [0.2, 0.25) is 5.02 Å². The third-order valence-electron chi connectivity index (χ3n) is 2.84. The van der Waals surface area contributed by atoms with E-state index in [1.165, 1.54) is 6.07 Å². The van der Waals surface area contributed by atoms with Crippen LogP contribution in [0.15, 0.2) is 23.1 Å². The van der Waals surface area contributed by atoms with E-state index >= 15 is 0 Å². The van der Waals surface area contributed by atoms with Gasteiger partial charge in [0.2, 0.25) is 10.0 Å². The summed E-state index contributed by atoms with van der Waals surface area (Å²) < 4.78 is 39.8. The molecule has 1 saturated heterocycles. The van der Waals surface area contributed by atoms with Crippen LogP contribution in [0.4, 0.5) is 4.39 Å². The molecule has 0 atom stereocenters. The van der Waals surface area contributed by atoms with E-state index in [2.05, 4.69) is 10.0 Å². The number of halogens is 2. The molecule has 18 heavy (non-hydrogen) atoms. The highest BCUT2D eigenvalue weighted by molar-refractivity contribution is 7.89. The normalized spacial score (nSPS) is 17.9. The molecular formula is C11H14ClFN2O2S. The largest absolute Gasteiger partial charge is 0.317 e. The minimum absolute atomic E-state index is 0.0258. The Kier molecular flexibility index (Phi) is 4.21. The van der Waals surface area contributed by atoms with Gasteiger partial charge in [-0.15, -0.1) is 0 Å². The smallest absolute Gasteiger partial charge is 0.242 e. The topological polar surface area (TPSA) is 58.2 Å². The van der Waals surface area contributed by atoms with Gasteiger partial charge in [-0.25, -0.2) is 17.5 Å². The van der Waals surface area contributed by atoms with Crippen LogP contribution in [0.5, 0.6) is 0 Å². The summed E-state index contributed by atoms with van der Waals surface area (Å²) in [4.78, 5) is -0.206. The van der Waals surface area contributed by atoms with Crippen molar-refractivity contribution in [1.82, 2.24) is 10.0 Å². The lowest BCUT2D eigenvalue weighted by atomic mass is 10.1. The van der Waals surface area contributed by atoms with Gasteiger partial charge < -0.3 is 5.32 Å². The summed E-state index contributed by atoms with van der Waals surface area (Å²) in [7, 11) is -3.76. The fraction of sp³-hybridized carbons (Fsp3) is 0.455. The Balaban J connectivity index is 2.21. The van der Waals surface area contributed by atoms with E-state index < -0.39 is 15.8 Å². The quantitative estimate of drug-likeness (QED) is 0.888. The molecule has 1 aromatic rings. The van der Waals surface area contributed by atoms with Crippen LogP contribution >= 0.6 is 11.6 Å². The lowest BCUT2D eigenvalue weighted by molar-refractivity contribution is 0.427. The monoisotopic (exact) mass is 292 g/mol. The van der Waals surface area contributed by atoms with Crippen molar-refractivity contribution in [2.45, 2.75) is 23.8 Å². The van der Waals surface area contributed by atoms with E-state index in [1.54, 1.807) is 0 Å². The van der Waals surface area contributed by atoms with Gasteiger partial charge in [0.1, 0.15) is 10.7 Å². The summed E-state index contributed by atoms with van der Waals surface area (Å²) >= 11 is 5.80. The Hall–Kier alpha value is -0.690. The molecule has 1 aliphatic rings. The number of nitrogens with one attached hydrogen (secondary N) is 2. The van der Waals surface area contributed by atoms with Gasteiger partial charge in [0.05, 0.1) is 5.02 Å². The maximum atomic E-state index is 13.1. The lowest BCUT2D eigenvalue weighted by Crippen LogP contribution is -2.42. The summed E-state index contributed by atoms with van der Waals surface area (Å²) in [5.41, 5.74) is 0. The van der Waals surface area contributed by atoms with Crippen molar-refractivity contribution in [1.29, 1.82) is 0 Å². The molecule has 0 aliphatic carbocycles. The van der Waals surface area contributed by atoms with Crippen LogP contribution in [0.1, 0.15) is 12.8 Å². The molecule has 100 valence electrons. The van der Waals surface area contributed by atoms with Crippen LogP contribution in [-0.4, -0.2) is 27.5 Å². The van der Waals surface area contributed by atoms with Gasteiger partial charge in [-0.1, -0.05) is 11.6 Å². The van der Waals surface area contributed by atoms with Crippen LogP contribution in [0.25, 0.3) is 0 Å². The highest BCUT2D eigenvalue weighted by Gasteiger charge is 2.24. The van der Waals surface area contributed by atoms with Gasteiger partial charge in [0.15, 0.2) is 0 Å². The Morgan fingerprint density at radius 2 is 2.00 bits per heavy atom. The SMILES string of the molecule is O=S(=O)(NC1CCNCC1)c1cc(F)ccc1Cl. The first-order chi connectivity index (χ1) is 8.49. The zero-order valence-corrected chi connectivity index (χ0v) is 11.2. The van der Waals surface area contributed by atoms with E-state index in [9.17, 15) is 12.8 Å². The maximum absolute atomic E-state index is 13.1. The van der Waals surface area contributed by atoms with Gasteiger partial charge in [0, 0.05) is 6.04 Å². The first-order valence-electron chi connectivity index (χ1n) is 5.67. The molecule has 0 radical (unpaired) electrons. The predicted molar refractivity (Wildman–Crippen MR) is 67.6 cm³/mol. The molecule has 2 rings (SSSR count). The van der Waals surface area contributed by atoms with Gasteiger partial charge in [0.25, 0.3) is 0 Å². The minimum atomic E-state index is -3.76. The average molecular weight is 293 g/mol. The van der Waals surface area contributed by atoms with Crippen molar-refractivity contribution in [2.24, 2.45) is 0 Å². The summed E-state index contributed by atoms with van der Waals surface area (Å²) in [5.74, 6) is -0.620. The zero-order valence-electron chi connectivity index (χ0n) is 9.62. The molecule has 2 N–H and O–H groups in total. The van der Waals surface area contributed by atoms with Gasteiger partial charge >= 0.3 is 0 Å². The van der Waals surface area contributed by atoms with Crippen LogP contribution in [-0.2, 0) is 10.0 Å². The van der Waals surface area contributed by atoms with Gasteiger partial charge in [-0.2, -0.15) is 0 Å². The first kappa shape index (κ1) is 13.7. The third-order valence-corrected chi connectivity index (χ3v) is 4.85. The van der Waals surface area contributed by atoms with Crippen LogP contribution < -0.4 is 10.0 Å². The number of benzene rings is 1. The number of hydrogen-bond acceptors (Lipinski definition) is 3. The van der Waals surface area contributed by atoms with Crippen molar-refractivity contribution < 1.29 is 12.8 Å². The molecular weight excluding hydrogens is 279 g/mol. The fourth-order valence-corrected chi connectivity index (χ4v) is 3.72. The zero-order chi connectivity index (χ0) is 13.2. The average Bonchev–Trinajstić information content (AvgIpc) is 2.33. The maximum Gasteiger partial charge on any atom is 0.242 e. The van der Waals surface area contributed by atoms with E-state index in [0.29, 0.717) is 12.8 Å². The highest BCUT2D eigenvalue weighted by Crippen LogP contribution is 2.22. The minimum Gasteiger partial charge on any atom is -0.317 e. The van der Waals surface area contributed by atoms with E-state index in [1.807, 2.05) is 0 Å². The molecule has 0 unspecified atom stereocenters. The number of sulfonamides is 1. The van der Waals surface area contributed by atoms with E-state index in [0.717, 1.165) is 25.2 Å². The van der Waals surface area contributed by atoms with Crippen molar-refractivity contribution in [3.05, 3.63) is 29.0 Å². The molecule has 0 spiro atoms. The molecule has 7 heteroatoms. The number of rotatable bonds is 3. The molecule has 1 aromatic carbocycles. The van der Waals surface area contributed by atoms with Crippen LogP contribution in [0, 0.1) is 5.82 Å². The standard InChI is InChI=1S/C11H14ClFN2O2S/c12-10-2-1-8(13)7-11(10)18(16,17)15-9-3-5-14-6-4-9/h1-2,7,9,14-15H,3-6H2. The first-order valence-corrected chi connectivity index (χ1v) is 7.53. The van der Waals surface area contributed by atoms with Gasteiger partial charge in [-0.3, -0.25) is 0 Å². The second-order valence-corrected chi connectivity index (χ2v) is 6.31. The Labute approximate surface area is 111 Å². The highest BCUT2D eigenvalue weighted by atomic mass is 35.5. The fourth-order valence-electron chi connectivity index (χ4n) is 1.91. The third kappa shape index (κ3) is 3.20. The van der Waals surface area contributed by atoms with E-state index in [4.69, 9.17) is 11.6 Å². The predicted octanol–water partition coefficient (Wildman–Crippen LogP) is 1.51. The van der Waals surface area contributed by atoms with Crippen molar-refractivity contribution in [3.63, 3.8) is 0 Å². The number of piperidine rings is 1. The molecule has 0 amide bonds. The summed E-state index contributed by atoms with van der Waals surface area (Å²) in [6, 6.07) is 3.18. The molecule has 1 aliphatic heterocycles. The van der Waals surface area contributed by atoms with Crippen molar-refractivity contribution >= 4 is 21.6 Å². The molecule has 1 heterocycles. The Bertz CT molecular complexity index is 530. The molecule has 0 saturated carbocycles. The second-order valence-electron chi connectivity index (χ2n) is 4.22. The summed E-state index contributed by atoms with van der Waals surface area (Å²) in [6.07, 6.45) is 1.43. The second kappa shape index (κ2) is 5.52. The van der Waals surface area contributed by atoms with Crippen LogP contribution in [0.3, 0.4) is 0 Å². The molecule has 0 aromatic heterocycles.